The topological polar surface area (TPSA) is 0 Å². The molecule has 0 heterocycles. The summed E-state index contributed by atoms with van der Waals surface area (Å²) >= 11 is 6.75. The molecule has 0 amide bonds. The van der Waals surface area contributed by atoms with E-state index in [1.807, 2.05) is 17.8 Å². The van der Waals surface area contributed by atoms with Crippen LogP contribution in [0.3, 0.4) is 0 Å². The minimum Gasteiger partial charge on any atom is -0.792 e. The van der Waals surface area contributed by atoms with Gasteiger partial charge in [0, 0.05) is 5.75 Å². The number of benzene rings is 1. The number of thioether (sulfide) groups is 1. The Balaban J connectivity index is 0.00000121. The predicted molar refractivity (Wildman–Crippen MR) is 54.8 cm³/mol. The van der Waals surface area contributed by atoms with Gasteiger partial charge in [-0.2, -0.15) is 17.5 Å². The molecule has 60 valence electrons. The SMILES string of the molecule is [Na+].[S-]CCSCc1ccccc1. The zero-order valence-electron chi connectivity index (χ0n) is 7.32. The Bertz CT molecular complexity index is 189. The first-order valence-electron chi connectivity index (χ1n) is 3.63. The van der Waals surface area contributed by atoms with Gasteiger partial charge in [-0.3, -0.25) is 0 Å². The molecule has 0 saturated heterocycles. The van der Waals surface area contributed by atoms with Crippen LogP contribution in [0.1, 0.15) is 5.56 Å². The molecule has 0 atom stereocenters. The second-order valence-corrected chi connectivity index (χ2v) is 3.76. The first-order valence-corrected chi connectivity index (χ1v) is 5.36. The first-order chi connectivity index (χ1) is 5.43. The summed E-state index contributed by atoms with van der Waals surface area (Å²) < 4.78 is 0. The molecule has 0 fully saturated rings. The van der Waals surface area contributed by atoms with Crippen LogP contribution in [0, 0.1) is 0 Å². The van der Waals surface area contributed by atoms with E-state index in [9.17, 15) is 0 Å². The molecule has 1 aromatic rings. The van der Waals surface area contributed by atoms with Gasteiger partial charge in [0.1, 0.15) is 0 Å². The summed E-state index contributed by atoms with van der Waals surface area (Å²) in [6.07, 6.45) is 0. The summed E-state index contributed by atoms with van der Waals surface area (Å²) in [6, 6.07) is 10.5. The second kappa shape index (κ2) is 8.52. The fraction of sp³-hybridized carbons (Fsp3) is 0.333. The van der Waals surface area contributed by atoms with E-state index >= 15 is 0 Å². The molecule has 0 aliphatic heterocycles. The number of hydrogen-bond donors (Lipinski definition) is 0. The summed E-state index contributed by atoms with van der Waals surface area (Å²) in [5.74, 6) is 3.04. The molecule has 3 heteroatoms. The van der Waals surface area contributed by atoms with Crippen LogP contribution in [0.2, 0.25) is 0 Å². The van der Waals surface area contributed by atoms with E-state index in [1.165, 1.54) is 5.56 Å². The van der Waals surface area contributed by atoms with Gasteiger partial charge in [0.05, 0.1) is 0 Å². The summed E-state index contributed by atoms with van der Waals surface area (Å²) in [7, 11) is 0. The van der Waals surface area contributed by atoms with E-state index in [1.54, 1.807) is 0 Å². The zero-order valence-corrected chi connectivity index (χ0v) is 11.0. The van der Waals surface area contributed by atoms with Crippen LogP contribution in [0.15, 0.2) is 30.3 Å². The van der Waals surface area contributed by atoms with E-state index in [-0.39, 0.29) is 29.6 Å². The van der Waals surface area contributed by atoms with Crippen molar-refractivity contribution < 1.29 is 29.6 Å². The monoisotopic (exact) mass is 206 g/mol. The quantitative estimate of drug-likeness (QED) is 0.369. The van der Waals surface area contributed by atoms with Gasteiger partial charge >= 0.3 is 29.6 Å². The molecule has 0 aliphatic carbocycles. The molecule has 0 spiro atoms. The normalized spacial score (nSPS) is 9.08. The number of rotatable bonds is 4. The molecule has 1 rings (SSSR count). The standard InChI is InChI=1S/C9H12S2.Na/c10-6-7-11-8-9-4-2-1-3-5-9;/h1-5,10H,6-8H2;/q;+1/p-1. The van der Waals surface area contributed by atoms with Crippen molar-refractivity contribution in [2.45, 2.75) is 5.75 Å². The van der Waals surface area contributed by atoms with Crippen molar-refractivity contribution >= 4 is 24.4 Å². The molecular weight excluding hydrogens is 195 g/mol. The Morgan fingerprint density at radius 1 is 1.17 bits per heavy atom. The molecule has 0 unspecified atom stereocenters. The van der Waals surface area contributed by atoms with Crippen molar-refractivity contribution in [3.05, 3.63) is 35.9 Å². The molecule has 0 bridgehead atoms. The van der Waals surface area contributed by atoms with Gasteiger partial charge in [0.15, 0.2) is 0 Å². The third kappa shape index (κ3) is 5.55. The van der Waals surface area contributed by atoms with Gasteiger partial charge in [-0.15, -0.1) is 0 Å². The third-order valence-electron chi connectivity index (χ3n) is 1.34. The van der Waals surface area contributed by atoms with Crippen molar-refractivity contribution in [2.75, 3.05) is 11.5 Å². The van der Waals surface area contributed by atoms with Crippen LogP contribution in [0.25, 0.3) is 0 Å². The average Bonchev–Trinajstić information content (AvgIpc) is 2.07. The minimum atomic E-state index is 0. The molecular formula is C9H11NaS2. The molecule has 0 radical (unpaired) electrons. The molecule has 0 N–H and O–H groups in total. The fourth-order valence-corrected chi connectivity index (χ4v) is 1.87. The van der Waals surface area contributed by atoms with E-state index in [2.05, 4.69) is 24.3 Å². The summed E-state index contributed by atoms with van der Waals surface area (Å²) in [5, 5.41) is 0. The first kappa shape index (κ1) is 12.9. The van der Waals surface area contributed by atoms with E-state index in [4.69, 9.17) is 12.6 Å². The maximum atomic E-state index is 4.85. The Labute approximate surface area is 106 Å². The van der Waals surface area contributed by atoms with Crippen LogP contribution in [0.5, 0.6) is 0 Å². The molecule has 0 aromatic heterocycles. The van der Waals surface area contributed by atoms with Crippen LogP contribution >= 0.6 is 11.8 Å². The van der Waals surface area contributed by atoms with E-state index in [0.717, 1.165) is 17.3 Å². The third-order valence-corrected chi connectivity index (χ3v) is 2.83. The summed E-state index contributed by atoms with van der Waals surface area (Å²) in [5.41, 5.74) is 1.39. The summed E-state index contributed by atoms with van der Waals surface area (Å²) in [4.78, 5) is 0. The smallest absolute Gasteiger partial charge is 0.792 e. The zero-order chi connectivity index (χ0) is 7.94. The van der Waals surface area contributed by atoms with Gasteiger partial charge < -0.3 is 12.6 Å². The van der Waals surface area contributed by atoms with Crippen molar-refractivity contribution in [2.24, 2.45) is 0 Å². The summed E-state index contributed by atoms with van der Waals surface area (Å²) in [6.45, 7) is 0. The van der Waals surface area contributed by atoms with E-state index in [0.29, 0.717) is 0 Å². The van der Waals surface area contributed by atoms with Gasteiger partial charge in [0.2, 0.25) is 0 Å². The average molecular weight is 206 g/mol. The van der Waals surface area contributed by atoms with Crippen molar-refractivity contribution in [1.29, 1.82) is 0 Å². The van der Waals surface area contributed by atoms with E-state index < -0.39 is 0 Å². The molecule has 12 heavy (non-hydrogen) atoms. The van der Waals surface area contributed by atoms with Gasteiger partial charge in [-0.1, -0.05) is 30.3 Å². The Morgan fingerprint density at radius 2 is 1.83 bits per heavy atom. The van der Waals surface area contributed by atoms with Crippen LogP contribution in [0.4, 0.5) is 0 Å². The van der Waals surface area contributed by atoms with Gasteiger partial charge in [0.25, 0.3) is 0 Å². The minimum absolute atomic E-state index is 0. The Morgan fingerprint density at radius 3 is 2.42 bits per heavy atom. The Hall–Kier alpha value is 0.920. The van der Waals surface area contributed by atoms with Gasteiger partial charge in [-0.05, 0) is 11.3 Å². The van der Waals surface area contributed by atoms with Crippen molar-refractivity contribution in [1.82, 2.24) is 0 Å². The second-order valence-electron chi connectivity index (χ2n) is 2.24. The predicted octanol–water partition coefficient (Wildman–Crippen LogP) is -0.529. The largest absolute Gasteiger partial charge is 1.00 e. The molecule has 0 aliphatic rings. The van der Waals surface area contributed by atoms with Crippen molar-refractivity contribution in [3.63, 3.8) is 0 Å². The molecule has 0 nitrogen and oxygen atoms in total. The number of hydrogen-bond acceptors (Lipinski definition) is 2. The van der Waals surface area contributed by atoms with Crippen LogP contribution in [-0.2, 0) is 18.4 Å². The maximum absolute atomic E-state index is 4.85. The van der Waals surface area contributed by atoms with Crippen molar-refractivity contribution in [3.8, 4) is 0 Å². The molecule has 0 saturated carbocycles. The fourth-order valence-electron chi connectivity index (χ4n) is 0.823. The van der Waals surface area contributed by atoms with Gasteiger partial charge in [-0.25, -0.2) is 0 Å². The maximum Gasteiger partial charge on any atom is 1.00 e. The van der Waals surface area contributed by atoms with Crippen LogP contribution in [-0.4, -0.2) is 11.5 Å². The van der Waals surface area contributed by atoms with Crippen LogP contribution < -0.4 is 29.6 Å². The Kier molecular flexibility index (Phi) is 9.17. The molecule has 1 aromatic carbocycles.